The first-order valence-corrected chi connectivity index (χ1v) is 6.76. The number of hydrogen-bond donors (Lipinski definition) is 1. The van der Waals surface area contributed by atoms with Gasteiger partial charge in [-0.25, -0.2) is 4.79 Å². The van der Waals surface area contributed by atoms with Crippen LogP contribution in [0.15, 0.2) is 0 Å². The zero-order chi connectivity index (χ0) is 14.9. The Hall–Kier alpha value is -1.63. The molecule has 2 heterocycles. The summed E-state index contributed by atoms with van der Waals surface area (Å²) in [6.45, 7) is 4.10. The van der Waals surface area contributed by atoms with Crippen molar-refractivity contribution in [3.63, 3.8) is 0 Å². The number of nitrogens with one attached hydrogen (secondary N) is 1. The molecular weight excluding hydrogens is 264 g/mol. The number of amides is 2. The Morgan fingerprint density at radius 3 is 2.75 bits per heavy atom. The minimum atomic E-state index is -0.819. The van der Waals surface area contributed by atoms with Crippen LogP contribution in [0.25, 0.3) is 0 Å². The maximum atomic E-state index is 12.0. The van der Waals surface area contributed by atoms with Crippen LogP contribution in [0.1, 0.15) is 26.7 Å². The van der Waals surface area contributed by atoms with Crippen LogP contribution in [0.5, 0.6) is 0 Å². The fraction of sp³-hybridized carbons (Fsp3) is 0.769. The summed E-state index contributed by atoms with van der Waals surface area (Å²) in [6.07, 6.45) is -0.187. The molecule has 2 aliphatic rings. The lowest BCUT2D eigenvalue weighted by molar-refractivity contribution is -0.184. The average molecular weight is 284 g/mol. The zero-order valence-electron chi connectivity index (χ0n) is 11.9. The Bertz CT molecular complexity index is 423. The van der Waals surface area contributed by atoms with E-state index in [1.54, 1.807) is 0 Å². The monoisotopic (exact) mass is 284 g/mol. The van der Waals surface area contributed by atoms with Crippen molar-refractivity contribution in [1.29, 1.82) is 0 Å². The number of fused-ring (bicyclic) bond motifs is 1. The third-order valence-electron chi connectivity index (χ3n) is 3.51. The molecule has 0 aromatic rings. The summed E-state index contributed by atoms with van der Waals surface area (Å²) in [6, 6.07) is -1.44. The van der Waals surface area contributed by atoms with Crippen molar-refractivity contribution < 1.29 is 23.9 Å². The highest BCUT2D eigenvalue weighted by Crippen LogP contribution is 2.32. The zero-order valence-corrected chi connectivity index (χ0v) is 11.9. The molecule has 7 heteroatoms. The largest absolute Gasteiger partial charge is 0.449 e. The van der Waals surface area contributed by atoms with Crippen molar-refractivity contribution in [3.8, 4) is 0 Å². The first kappa shape index (κ1) is 14.8. The van der Waals surface area contributed by atoms with Gasteiger partial charge in [-0.15, -0.1) is 0 Å². The predicted octanol–water partition coefficient (Wildman–Crippen LogP) is 0.283. The molecule has 1 N–H and O–H groups in total. The van der Waals surface area contributed by atoms with Crippen molar-refractivity contribution in [1.82, 2.24) is 10.2 Å². The Balaban J connectivity index is 1.95. The lowest BCUT2D eigenvalue weighted by Gasteiger charge is -2.51. The van der Waals surface area contributed by atoms with Gasteiger partial charge in [-0.05, 0) is 12.3 Å². The number of piperidine rings is 1. The molecule has 2 fully saturated rings. The predicted molar refractivity (Wildman–Crippen MR) is 68.8 cm³/mol. The van der Waals surface area contributed by atoms with Crippen LogP contribution in [0.4, 0.5) is 4.79 Å². The van der Waals surface area contributed by atoms with Gasteiger partial charge >= 0.3 is 6.09 Å². The third-order valence-corrected chi connectivity index (χ3v) is 3.51. The number of methoxy groups -OCH3 is 1. The fourth-order valence-corrected chi connectivity index (χ4v) is 2.51. The average Bonchev–Trinajstić information content (AvgIpc) is 2.42. The van der Waals surface area contributed by atoms with Gasteiger partial charge in [0.25, 0.3) is 5.91 Å². The van der Waals surface area contributed by atoms with E-state index < -0.39 is 18.2 Å². The molecule has 2 aliphatic heterocycles. The minimum Gasteiger partial charge on any atom is -0.449 e. The van der Waals surface area contributed by atoms with Crippen molar-refractivity contribution in [2.75, 3.05) is 13.7 Å². The van der Waals surface area contributed by atoms with E-state index in [9.17, 15) is 14.4 Å². The van der Waals surface area contributed by atoms with Gasteiger partial charge in [-0.1, -0.05) is 13.8 Å². The normalized spacial score (nSPS) is 29.0. The van der Waals surface area contributed by atoms with Gasteiger partial charge in [0.1, 0.15) is 18.3 Å². The summed E-state index contributed by atoms with van der Waals surface area (Å²) in [5.74, 6) is -0.132. The number of alkyl carbamates (subject to hydrolysis) is 1. The maximum Gasteiger partial charge on any atom is 0.407 e. The van der Waals surface area contributed by atoms with Crippen LogP contribution in [-0.2, 0) is 19.1 Å². The number of nitrogens with zero attached hydrogens (tertiary/aromatic N) is 1. The lowest BCUT2D eigenvalue weighted by Crippen LogP contribution is -2.77. The first-order valence-electron chi connectivity index (χ1n) is 6.76. The van der Waals surface area contributed by atoms with Crippen LogP contribution in [-0.4, -0.2) is 54.7 Å². The summed E-state index contributed by atoms with van der Waals surface area (Å²) >= 11 is 0. The van der Waals surface area contributed by atoms with Crippen molar-refractivity contribution in [2.45, 2.75) is 45.0 Å². The standard InChI is InChI=1S/C13H20N2O5/c1-7(2)6-20-13(18)14-10-11-8(16)4-5-9(19-3)15(11)12(10)17/h7,9-11H,4-6H2,1-3H3,(H,14,18)/t9-,10-,11+/m0/s1. The molecule has 0 spiro atoms. The molecule has 0 unspecified atom stereocenters. The molecule has 0 aliphatic carbocycles. The summed E-state index contributed by atoms with van der Waals surface area (Å²) in [5.41, 5.74) is 0. The SMILES string of the molecule is CO[C@H]1CCC(=O)[C@@H]2[C@H](NC(=O)OCC(C)C)C(=O)N12. The smallest absolute Gasteiger partial charge is 0.407 e. The van der Waals surface area contributed by atoms with Gasteiger partial charge in [0.05, 0.1) is 6.61 Å². The van der Waals surface area contributed by atoms with Gasteiger partial charge in [-0.2, -0.15) is 0 Å². The topological polar surface area (TPSA) is 84.9 Å². The first-order chi connectivity index (χ1) is 9.45. The van der Waals surface area contributed by atoms with E-state index in [0.717, 1.165) is 0 Å². The van der Waals surface area contributed by atoms with Crippen LogP contribution >= 0.6 is 0 Å². The van der Waals surface area contributed by atoms with Crippen molar-refractivity contribution >= 4 is 17.8 Å². The highest BCUT2D eigenvalue weighted by atomic mass is 16.5. The molecule has 0 aromatic carbocycles. The number of Topliss-reactive ketones (excluding diaryl/α,β-unsaturated/α-hetero) is 1. The number of hydrogen-bond acceptors (Lipinski definition) is 5. The lowest BCUT2D eigenvalue weighted by atomic mass is 9.84. The number of rotatable bonds is 4. The maximum absolute atomic E-state index is 12.0. The Kier molecular flexibility index (Phi) is 4.27. The van der Waals surface area contributed by atoms with E-state index in [-0.39, 0.29) is 30.4 Å². The summed E-state index contributed by atoms with van der Waals surface area (Å²) in [4.78, 5) is 36.9. The molecule has 0 bridgehead atoms. The van der Waals surface area contributed by atoms with Crippen molar-refractivity contribution in [2.24, 2.45) is 5.92 Å². The highest BCUT2D eigenvalue weighted by molar-refractivity contribution is 6.04. The number of carbonyl (C=O) groups excluding carboxylic acids is 3. The number of ketones is 1. The van der Waals surface area contributed by atoms with E-state index in [1.165, 1.54) is 12.0 Å². The van der Waals surface area contributed by atoms with Gasteiger partial charge in [0, 0.05) is 13.5 Å². The summed E-state index contributed by atoms with van der Waals surface area (Å²) in [7, 11) is 1.50. The van der Waals surface area contributed by atoms with Crippen LogP contribution in [0.2, 0.25) is 0 Å². The van der Waals surface area contributed by atoms with Gasteiger partial charge in [0.15, 0.2) is 5.78 Å². The number of β-lactam (4-membered cyclic amide) rings is 1. The van der Waals surface area contributed by atoms with Crippen LogP contribution < -0.4 is 5.32 Å². The van der Waals surface area contributed by atoms with Gasteiger partial charge in [-0.3, -0.25) is 9.59 Å². The molecular formula is C13H20N2O5. The molecule has 2 rings (SSSR count). The Morgan fingerprint density at radius 2 is 2.15 bits per heavy atom. The molecule has 0 radical (unpaired) electrons. The van der Waals surface area contributed by atoms with Gasteiger partial charge in [0.2, 0.25) is 0 Å². The number of carbonyl (C=O) groups is 3. The van der Waals surface area contributed by atoms with Gasteiger partial charge < -0.3 is 19.7 Å². The van der Waals surface area contributed by atoms with Crippen molar-refractivity contribution in [3.05, 3.63) is 0 Å². The van der Waals surface area contributed by atoms with E-state index >= 15 is 0 Å². The molecule has 2 saturated heterocycles. The second-order valence-corrected chi connectivity index (χ2v) is 5.50. The molecule has 7 nitrogen and oxygen atoms in total. The summed E-state index contributed by atoms with van der Waals surface area (Å²) < 4.78 is 10.1. The van der Waals surface area contributed by atoms with E-state index in [1.807, 2.05) is 13.8 Å². The van der Waals surface area contributed by atoms with E-state index in [0.29, 0.717) is 12.8 Å². The second kappa shape index (κ2) is 5.78. The molecule has 112 valence electrons. The van der Waals surface area contributed by atoms with E-state index in [2.05, 4.69) is 5.32 Å². The minimum absolute atomic E-state index is 0.0490. The Labute approximate surface area is 117 Å². The second-order valence-electron chi connectivity index (χ2n) is 5.50. The molecule has 2 amide bonds. The van der Waals surface area contributed by atoms with Crippen LogP contribution in [0, 0.1) is 5.92 Å². The molecule has 0 saturated carbocycles. The summed E-state index contributed by atoms with van der Waals surface area (Å²) in [5, 5.41) is 2.47. The Morgan fingerprint density at radius 1 is 1.45 bits per heavy atom. The fourth-order valence-electron chi connectivity index (χ4n) is 2.51. The third kappa shape index (κ3) is 2.63. The molecule has 3 atom stereocenters. The number of ether oxygens (including phenoxy) is 2. The van der Waals surface area contributed by atoms with Crippen LogP contribution in [0.3, 0.4) is 0 Å². The van der Waals surface area contributed by atoms with E-state index in [4.69, 9.17) is 9.47 Å². The molecule has 0 aromatic heterocycles. The molecule has 20 heavy (non-hydrogen) atoms. The highest BCUT2D eigenvalue weighted by Gasteiger charge is 2.56. The quantitative estimate of drug-likeness (QED) is 0.750.